The SMILES string of the molecule is CC(C)(C)[Si](C)(C)OC[C@H]1O[C@@H](n2c(Br)nc3c(=O)[nH]c(N)nc32)CC1O[Si](C)(C)C(C)(C)C. The maximum absolute atomic E-state index is 12.4. The second-order valence-corrected chi connectivity index (χ2v) is 22.5. The number of ether oxygens (including phenoxy) is 1. The Labute approximate surface area is 212 Å². The number of nitrogens with one attached hydrogen (secondary N) is 1. The van der Waals surface area contributed by atoms with E-state index in [0.717, 1.165) is 0 Å². The first-order valence-electron chi connectivity index (χ1n) is 11.7. The minimum absolute atomic E-state index is 0.0380. The van der Waals surface area contributed by atoms with Crippen molar-refractivity contribution in [3.8, 4) is 0 Å². The summed E-state index contributed by atoms with van der Waals surface area (Å²) in [6.45, 7) is 22.8. The van der Waals surface area contributed by atoms with Gasteiger partial charge in [0.25, 0.3) is 5.56 Å². The predicted octanol–water partition coefficient (Wildman–Crippen LogP) is 5.16. The Morgan fingerprint density at radius 3 is 2.26 bits per heavy atom. The van der Waals surface area contributed by atoms with Crippen LogP contribution in [-0.2, 0) is 13.6 Å². The highest BCUT2D eigenvalue weighted by atomic mass is 79.9. The zero-order chi connectivity index (χ0) is 25.9. The van der Waals surface area contributed by atoms with E-state index in [1.54, 1.807) is 4.57 Å². The van der Waals surface area contributed by atoms with Crippen molar-refractivity contribution < 1.29 is 13.6 Å². The monoisotopic (exact) mass is 573 g/mol. The maximum Gasteiger partial charge on any atom is 0.280 e. The van der Waals surface area contributed by atoms with Crippen molar-refractivity contribution >= 4 is 49.7 Å². The number of anilines is 1. The standard InChI is InChI=1S/C22H40BrN5O4Si2/c1-21(2,3)33(7,8)30-12-14-13(32-34(9,10)22(4,5)6)11-15(31-14)28-17-16(25-19(28)23)18(29)27-20(24)26-17/h13-15H,11-12H2,1-10H3,(H3,24,26,27,29)/t13?,14-,15-/m1/s1. The third-order valence-electron chi connectivity index (χ3n) is 7.66. The molecule has 0 amide bonds. The highest BCUT2D eigenvalue weighted by Crippen LogP contribution is 2.43. The lowest BCUT2D eigenvalue weighted by Gasteiger charge is -2.40. The Kier molecular flexibility index (Phi) is 7.38. The molecule has 12 heteroatoms. The molecule has 0 aromatic carbocycles. The number of aromatic nitrogens is 4. The molecule has 192 valence electrons. The summed E-state index contributed by atoms with van der Waals surface area (Å²) in [5.74, 6) is 0.0380. The van der Waals surface area contributed by atoms with Crippen molar-refractivity contribution in [2.75, 3.05) is 12.3 Å². The summed E-state index contributed by atoms with van der Waals surface area (Å²) in [5.41, 5.74) is 6.04. The Morgan fingerprint density at radius 2 is 1.71 bits per heavy atom. The zero-order valence-electron chi connectivity index (χ0n) is 22.1. The number of nitrogen functional groups attached to an aromatic ring is 1. The summed E-state index contributed by atoms with van der Waals surface area (Å²) in [6, 6.07) is 0. The second kappa shape index (κ2) is 9.11. The largest absolute Gasteiger partial charge is 0.414 e. The molecule has 3 heterocycles. The first kappa shape index (κ1) is 27.5. The predicted molar refractivity (Wildman–Crippen MR) is 144 cm³/mol. The van der Waals surface area contributed by atoms with E-state index in [1.165, 1.54) is 0 Å². The van der Waals surface area contributed by atoms with Crippen LogP contribution in [0.1, 0.15) is 54.2 Å². The third kappa shape index (κ3) is 5.36. The van der Waals surface area contributed by atoms with Gasteiger partial charge in [0.2, 0.25) is 5.95 Å². The summed E-state index contributed by atoms with van der Waals surface area (Å²) < 4.78 is 22.2. The van der Waals surface area contributed by atoms with Gasteiger partial charge in [-0.3, -0.25) is 14.3 Å². The molecule has 3 rings (SSSR count). The fourth-order valence-electron chi connectivity index (χ4n) is 3.42. The lowest BCUT2D eigenvalue weighted by atomic mass is 10.2. The van der Waals surface area contributed by atoms with E-state index in [2.05, 4.69) is 98.6 Å². The molecule has 3 N–H and O–H groups in total. The summed E-state index contributed by atoms with van der Waals surface area (Å²) in [5, 5.41) is 0.147. The molecule has 2 aromatic rings. The first-order chi connectivity index (χ1) is 15.3. The number of halogens is 1. The number of H-pyrrole nitrogens is 1. The fraction of sp³-hybridized carbons (Fsp3) is 0.773. The van der Waals surface area contributed by atoms with Crippen LogP contribution in [-0.4, -0.2) is 55.0 Å². The van der Waals surface area contributed by atoms with Crippen molar-refractivity contribution in [1.82, 2.24) is 19.5 Å². The van der Waals surface area contributed by atoms with Crippen LogP contribution in [0.4, 0.5) is 5.95 Å². The molecule has 0 aliphatic carbocycles. The quantitative estimate of drug-likeness (QED) is 0.361. The Morgan fingerprint density at radius 1 is 1.12 bits per heavy atom. The van der Waals surface area contributed by atoms with Gasteiger partial charge in [-0.05, 0) is 52.2 Å². The molecule has 34 heavy (non-hydrogen) atoms. The Hall–Kier alpha value is -1.06. The average Bonchev–Trinajstić information content (AvgIpc) is 3.17. The van der Waals surface area contributed by atoms with Gasteiger partial charge in [0.15, 0.2) is 32.5 Å². The van der Waals surface area contributed by atoms with Gasteiger partial charge in [0, 0.05) is 6.42 Å². The lowest BCUT2D eigenvalue weighted by Crippen LogP contribution is -2.48. The molecule has 0 bridgehead atoms. The summed E-state index contributed by atoms with van der Waals surface area (Å²) in [7, 11) is -4.06. The zero-order valence-corrected chi connectivity index (χ0v) is 25.7. The van der Waals surface area contributed by atoms with Crippen molar-refractivity contribution in [3.05, 3.63) is 15.1 Å². The van der Waals surface area contributed by atoms with E-state index >= 15 is 0 Å². The number of fused-ring (bicyclic) bond motifs is 1. The van der Waals surface area contributed by atoms with E-state index in [0.29, 0.717) is 23.4 Å². The maximum atomic E-state index is 12.4. The van der Waals surface area contributed by atoms with Gasteiger partial charge < -0.3 is 19.3 Å². The average molecular weight is 575 g/mol. The van der Waals surface area contributed by atoms with Crippen LogP contribution >= 0.6 is 15.9 Å². The number of nitrogens with zero attached hydrogens (tertiary/aromatic N) is 3. The van der Waals surface area contributed by atoms with E-state index in [1.807, 2.05) is 0 Å². The number of imidazole rings is 1. The topological polar surface area (TPSA) is 117 Å². The molecule has 1 fully saturated rings. The number of hydrogen-bond acceptors (Lipinski definition) is 7. The molecule has 0 radical (unpaired) electrons. The molecular weight excluding hydrogens is 534 g/mol. The van der Waals surface area contributed by atoms with Crippen LogP contribution in [0.5, 0.6) is 0 Å². The fourth-order valence-corrected chi connectivity index (χ4v) is 6.37. The van der Waals surface area contributed by atoms with E-state index < -0.39 is 22.9 Å². The molecule has 9 nitrogen and oxygen atoms in total. The Bertz CT molecular complexity index is 1100. The first-order valence-corrected chi connectivity index (χ1v) is 18.4. The van der Waals surface area contributed by atoms with Crippen LogP contribution in [0.2, 0.25) is 36.3 Å². The number of hydrogen-bond donors (Lipinski definition) is 2. The molecule has 0 spiro atoms. The van der Waals surface area contributed by atoms with Crippen LogP contribution in [0.3, 0.4) is 0 Å². The Balaban J connectivity index is 1.96. The molecular formula is C22H40BrN5O4Si2. The molecule has 1 unspecified atom stereocenters. The lowest BCUT2D eigenvalue weighted by molar-refractivity contribution is -0.0391. The smallest absolute Gasteiger partial charge is 0.280 e. The normalized spacial score (nSPS) is 22.6. The highest BCUT2D eigenvalue weighted by molar-refractivity contribution is 9.10. The second-order valence-electron chi connectivity index (χ2n) is 12.2. The number of rotatable bonds is 6. The van der Waals surface area contributed by atoms with Crippen LogP contribution < -0.4 is 11.3 Å². The van der Waals surface area contributed by atoms with Gasteiger partial charge >= 0.3 is 0 Å². The van der Waals surface area contributed by atoms with E-state index in [9.17, 15) is 4.79 Å². The summed E-state index contributed by atoms with van der Waals surface area (Å²) in [6.07, 6.45) is -0.233. The van der Waals surface area contributed by atoms with Gasteiger partial charge in [-0.25, -0.2) is 4.98 Å². The van der Waals surface area contributed by atoms with Gasteiger partial charge in [0.1, 0.15) is 12.3 Å². The molecule has 2 aromatic heterocycles. The van der Waals surface area contributed by atoms with E-state index in [-0.39, 0.29) is 39.3 Å². The van der Waals surface area contributed by atoms with Crippen molar-refractivity contribution in [2.24, 2.45) is 0 Å². The molecule has 1 aliphatic rings. The van der Waals surface area contributed by atoms with Crippen LogP contribution in [0.15, 0.2) is 9.53 Å². The van der Waals surface area contributed by atoms with Crippen LogP contribution in [0, 0.1) is 0 Å². The summed E-state index contributed by atoms with van der Waals surface area (Å²) >= 11 is 3.49. The number of aromatic amines is 1. The third-order valence-corrected chi connectivity index (χ3v) is 17.2. The minimum atomic E-state index is -2.07. The summed E-state index contributed by atoms with van der Waals surface area (Å²) in [4.78, 5) is 23.6. The van der Waals surface area contributed by atoms with Crippen LogP contribution in [0.25, 0.3) is 11.2 Å². The van der Waals surface area contributed by atoms with Gasteiger partial charge in [-0.15, -0.1) is 0 Å². The molecule has 1 saturated heterocycles. The number of nitrogens with two attached hydrogens (primary N) is 1. The van der Waals surface area contributed by atoms with E-state index in [4.69, 9.17) is 19.3 Å². The highest BCUT2D eigenvalue weighted by Gasteiger charge is 2.47. The van der Waals surface area contributed by atoms with Gasteiger partial charge in [0.05, 0.1) is 12.7 Å². The van der Waals surface area contributed by atoms with Gasteiger partial charge in [-0.1, -0.05) is 41.5 Å². The van der Waals surface area contributed by atoms with Gasteiger partial charge in [-0.2, -0.15) is 4.98 Å². The van der Waals surface area contributed by atoms with Crippen molar-refractivity contribution in [2.45, 2.75) is 103 Å². The molecule has 1 aliphatic heterocycles. The molecule has 3 atom stereocenters. The molecule has 0 saturated carbocycles. The van der Waals surface area contributed by atoms with Crippen molar-refractivity contribution in [3.63, 3.8) is 0 Å². The van der Waals surface area contributed by atoms with Crippen molar-refractivity contribution in [1.29, 1.82) is 0 Å². The minimum Gasteiger partial charge on any atom is -0.414 e.